The topological polar surface area (TPSA) is 51.0 Å². The second kappa shape index (κ2) is 5.52. The van der Waals surface area contributed by atoms with Crippen molar-refractivity contribution < 1.29 is 4.79 Å². The number of aryl methyl sites for hydroxylation is 1. The van der Waals surface area contributed by atoms with Crippen LogP contribution in [0.1, 0.15) is 19.4 Å². The average molecular weight is 302 g/mol. The van der Waals surface area contributed by atoms with Crippen LogP contribution in [0.15, 0.2) is 35.7 Å². The van der Waals surface area contributed by atoms with E-state index in [9.17, 15) is 4.79 Å². The van der Waals surface area contributed by atoms with Gasteiger partial charge in [0.05, 0.1) is 5.25 Å². The molecule has 2 atom stereocenters. The number of nitrogens with zero attached hydrogens (tertiary/aromatic N) is 4. The first kappa shape index (κ1) is 14.1. The van der Waals surface area contributed by atoms with E-state index in [2.05, 4.69) is 23.2 Å². The molecule has 1 aliphatic rings. The van der Waals surface area contributed by atoms with Gasteiger partial charge in [-0.15, -0.1) is 10.2 Å². The van der Waals surface area contributed by atoms with Crippen molar-refractivity contribution in [2.45, 2.75) is 36.7 Å². The Morgan fingerprint density at radius 2 is 2.19 bits per heavy atom. The average Bonchev–Trinajstić information content (AvgIpc) is 3.01. The van der Waals surface area contributed by atoms with Crippen LogP contribution in [0, 0.1) is 0 Å². The molecule has 2 heterocycles. The Balaban J connectivity index is 1.80. The Morgan fingerprint density at radius 1 is 1.43 bits per heavy atom. The molecule has 6 heteroatoms. The predicted octanol–water partition coefficient (Wildman–Crippen LogP) is 2.27. The third-order valence-electron chi connectivity index (χ3n) is 3.74. The number of fused-ring (bicyclic) bond motifs is 1. The molecular weight excluding hydrogens is 284 g/mol. The normalized spacial score (nSPS) is 18.6. The number of carbonyl (C=O) groups is 1. The van der Waals surface area contributed by atoms with Crippen LogP contribution in [-0.4, -0.2) is 32.0 Å². The van der Waals surface area contributed by atoms with Gasteiger partial charge in [0.25, 0.3) is 0 Å². The quantitative estimate of drug-likeness (QED) is 0.816. The van der Waals surface area contributed by atoms with Crippen LogP contribution < -0.4 is 4.90 Å². The summed E-state index contributed by atoms with van der Waals surface area (Å²) in [5.74, 6) is 0.125. The van der Waals surface area contributed by atoms with Gasteiger partial charge in [-0.2, -0.15) is 0 Å². The molecule has 3 rings (SSSR count). The van der Waals surface area contributed by atoms with Crippen molar-refractivity contribution in [3.63, 3.8) is 0 Å². The van der Waals surface area contributed by atoms with Crippen molar-refractivity contribution in [3.05, 3.63) is 36.2 Å². The molecule has 0 unspecified atom stereocenters. The van der Waals surface area contributed by atoms with E-state index in [0.29, 0.717) is 0 Å². The highest BCUT2D eigenvalue weighted by molar-refractivity contribution is 8.00. The van der Waals surface area contributed by atoms with Gasteiger partial charge in [-0.05, 0) is 31.9 Å². The van der Waals surface area contributed by atoms with Crippen molar-refractivity contribution in [2.24, 2.45) is 7.05 Å². The van der Waals surface area contributed by atoms with E-state index in [-0.39, 0.29) is 17.2 Å². The third-order valence-corrected chi connectivity index (χ3v) is 4.88. The van der Waals surface area contributed by atoms with Crippen LogP contribution >= 0.6 is 11.8 Å². The summed E-state index contributed by atoms with van der Waals surface area (Å²) in [4.78, 5) is 14.7. The molecule has 0 radical (unpaired) electrons. The molecule has 1 aliphatic heterocycles. The van der Waals surface area contributed by atoms with Gasteiger partial charge in [0.15, 0.2) is 5.16 Å². The molecule has 0 fully saturated rings. The number of para-hydroxylation sites is 1. The highest BCUT2D eigenvalue weighted by Gasteiger charge is 2.33. The molecule has 21 heavy (non-hydrogen) atoms. The minimum absolute atomic E-state index is 0.125. The Hall–Kier alpha value is -1.82. The molecule has 0 saturated carbocycles. The summed E-state index contributed by atoms with van der Waals surface area (Å²) in [5.41, 5.74) is 2.29. The first-order valence-corrected chi connectivity index (χ1v) is 7.87. The maximum absolute atomic E-state index is 12.8. The number of rotatable bonds is 3. The summed E-state index contributed by atoms with van der Waals surface area (Å²) in [6, 6.07) is 8.34. The summed E-state index contributed by atoms with van der Waals surface area (Å²) in [5, 5.41) is 8.45. The first-order chi connectivity index (χ1) is 10.1. The molecule has 1 amide bonds. The number of anilines is 1. The van der Waals surface area contributed by atoms with Gasteiger partial charge in [0.1, 0.15) is 6.33 Å². The van der Waals surface area contributed by atoms with Crippen LogP contribution in [0.2, 0.25) is 0 Å². The van der Waals surface area contributed by atoms with Crippen LogP contribution in [0.5, 0.6) is 0 Å². The maximum atomic E-state index is 12.8. The zero-order valence-corrected chi connectivity index (χ0v) is 13.2. The second-order valence-electron chi connectivity index (χ2n) is 5.37. The molecule has 0 bridgehead atoms. The summed E-state index contributed by atoms with van der Waals surface area (Å²) in [6.45, 7) is 4.02. The molecule has 2 aromatic rings. The van der Waals surface area contributed by atoms with Crippen LogP contribution in [0.25, 0.3) is 0 Å². The number of carbonyl (C=O) groups excluding carboxylic acids is 1. The number of hydrogen-bond donors (Lipinski definition) is 0. The molecule has 0 saturated heterocycles. The molecule has 0 aliphatic carbocycles. The monoisotopic (exact) mass is 302 g/mol. The van der Waals surface area contributed by atoms with E-state index in [4.69, 9.17) is 0 Å². The standard InChI is InChI=1S/C15H18N4OS/c1-10-8-12-6-4-5-7-13(12)19(10)14(20)11(2)21-15-17-16-9-18(15)3/h4-7,9-11H,8H2,1-3H3/t10-,11-/m1/s1. The molecule has 1 aromatic carbocycles. The fraction of sp³-hybridized carbons (Fsp3) is 0.400. The van der Waals surface area contributed by atoms with Gasteiger partial charge in [0, 0.05) is 18.8 Å². The van der Waals surface area contributed by atoms with Crippen molar-refractivity contribution in [1.29, 1.82) is 0 Å². The predicted molar refractivity (Wildman–Crippen MR) is 83.4 cm³/mol. The Bertz CT molecular complexity index is 669. The molecule has 110 valence electrons. The lowest BCUT2D eigenvalue weighted by Crippen LogP contribution is -2.40. The molecular formula is C15H18N4OS. The largest absolute Gasteiger partial charge is 0.312 e. The Labute approximate surface area is 128 Å². The minimum Gasteiger partial charge on any atom is -0.312 e. The fourth-order valence-corrected chi connectivity index (χ4v) is 3.52. The number of thioether (sulfide) groups is 1. The summed E-state index contributed by atoms with van der Waals surface area (Å²) >= 11 is 1.45. The van der Waals surface area contributed by atoms with Crippen LogP contribution in [0.4, 0.5) is 5.69 Å². The van der Waals surface area contributed by atoms with E-state index < -0.39 is 0 Å². The van der Waals surface area contributed by atoms with Gasteiger partial charge >= 0.3 is 0 Å². The van der Waals surface area contributed by atoms with Gasteiger partial charge < -0.3 is 9.47 Å². The summed E-state index contributed by atoms with van der Waals surface area (Å²) in [7, 11) is 1.88. The molecule has 0 spiro atoms. The smallest absolute Gasteiger partial charge is 0.240 e. The molecule has 1 aromatic heterocycles. The van der Waals surface area contributed by atoms with E-state index >= 15 is 0 Å². The fourth-order valence-electron chi connectivity index (χ4n) is 2.69. The number of aromatic nitrogens is 3. The van der Waals surface area contributed by atoms with E-state index in [1.54, 1.807) is 6.33 Å². The van der Waals surface area contributed by atoms with Crippen LogP contribution in [0.3, 0.4) is 0 Å². The maximum Gasteiger partial charge on any atom is 0.240 e. The van der Waals surface area contributed by atoms with E-state index in [1.807, 2.05) is 41.6 Å². The van der Waals surface area contributed by atoms with Gasteiger partial charge in [-0.1, -0.05) is 30.0 Å². The zero-order chi connectivity index (χ0) is 15.0. The van der Waals surface area contributed by atoms with Crippen LogP contribution in [-0.2, 0) is 18.3 Å². The van der Waals surface area contributed by atoms with E-state index in [1.165, 1.54) is 17.3 Å². The highest BCUT2D eigenvalue weighted by Crippen LogP contribution is 2.34. The van der Waals surface area contributed by atoms with Gasteiger partial charge in [-0.25, -0.2) is 0 Å². The highest BCUT2D eigenvalue weighted by atomic mass is 32.2. The minimum atomic E-state index is -0.193. The number of benzene rings is 1. The Morgan fingerprint density at radius 3 is 2.90 bits per heavy atom. The Kier molecular flexibility index (Phi) is 3.71. The van der Waals surface area contributed by atoms with Gasteiger partial charge in [0.2, 0.25) is 5.91 Å². The lowest BCUT2D eigenvalue weighted by Gasteiger charge is -2.25. The molecule has 5 nitrogen and oxygen atoms in total. The van der Waals surface area contributed by atoms with Crippen molar-refractivity contribution >= 4 is 23.4 Å². The van der Waals surface area contributed by atoms with E-state index in [0.717, 1.165) is 17.3 Å². The lowest BCUT2D eigenvalue weighted by atomic mass is 10.1. The van der Waals surface area contributed by atoms with Crippen molar-refractivity contribution in [3.8, 4) is 0 Å². The second-order valence-corrected chi connectivity index (χ2v) is 6.68. The molecule has 0 N–H and O–H groups in total. The van der Waals surface area contributed by atoms with Crippen molar-refractivity contribution in [1.82, 2.24) is 14.8 Å². The van der Waals surface area contributed by atoms with Crippen molar-refractivity contribution in [2.75, 3.05) is 4.90 Å². The third kappa shape index (κ3) is 2.55. The SMILES string of the molecule is C[C@@H]1Cc2ccccc2N1C(=O)[C@@H](C)Sc1nncn1C. The number of hydrogen-bond acceptors (Lipinski definition) is 4. The lowest BCUT2D eigenvalue weighted by molar-refractivity contribution is -0.118. The summed E-state index contributed by atoms with van der Waals surface area (Å²) in [6.07, 6.45) is 2.57. The number of amides is 1. The van der Waals surface area contributed by atoms with Gasteiger partial charge in [-0.3, -0.25) is 4.79 Å². The zero-order valence-electron chi connectivity index (χ0n) is 12.4. The first-order valence-electron chi connectivity index (χ1n) is 6.99. The summed E-state index contributed by atoms with van der Waals surface area (Å²) < 4.78 is 1.83.